The summed E-state index contributed by atoms with van der Waals surface area (Å²) in [6.45, 7) is 1.95. The van der Waals surface area contributed by atoms with Crippen LogP contribution in [0.4, 0.5) is 5.88 Å². The van der Waals surface area contributed by atoms with E-state index in [0.717, 1.165) is 11.1 Å². The molecule has 0 saturated heterocycles. The Hall–Kier alpha value is -1.48. The first-order valence-corrected chi connectivity index (χ1v) is 4.53. The summed E-state index contributed by atoms with van der Waals surface area (Å²) in [5, 5.41) is 4.51. The van der Waals surface area contributed by atoms with Crippen LogP contribution in [0.2, 0.25) is 5.02 Å². The van der Waals surface area contributed by atoms with Crippen molar-refractivity contribution in [3.8, 4) is 11.3 Å². The van der Waals surface area contributed by atoms with Crippen LogP contribution in [0.1, 0.15) is 5.56 Å². The average molecular weight is 209 g/mol. The first-order valence-electron chi connectivity index (χ1n) is 4.15. The highest BCUT2D eigenvalue weighted by atomic mass is 35.5. The maximum atomic E-state index is 5.98. The van der Waals surface area contributed by atoms with Gasteiger partial charge < -0.3 is 10.3 Å². The SMILES string of the molecule is Cc1ccc(-c2cc(N)on2)cc1Cl. The summed E-state index contributed by atoms with van der Waals surface area (Å²) in [4.78, 5) is 0. The highest BCUT2D eigenvalue weighted by molar-refractivity contribution is 6.31. The molecule has 0 saturated carbocycles. The Bertz CT molecular complexity index is 465. The van der Waals surface area contributed by atoms with Gasteiger partial charge in [0.2, 0.25) is 5.88 Å². The molecule has 14 heavy (non-hydrogen) atoms. The van der Waals surface area contributed by atoms with Crippen LogP contribution < -0.4 is 5.73 Å². The number of benzene rings is 1. The van der Waals surface area contributed by atoms with E-state index in [4.69, 9.17) is 21.9 Å². The zero-order valence-corrected chi connectivity index (χ0v) is 8.38. The second-order valence-corrected chi connectivity index (χ2v) is 3.49. The fourth-order valence-corrected chi connectivity index (χ4v) is 1.36. The zero-order chi connectivity index (χ0) is 10.1. The lowest BCUT2D eigenvalue weighted by Crippen LogP contribution is -1.80. The van der Waals surface area contributed by atoms with Crippen molar-refractivity contribution in [1.82, 2.24) is 5.16 Å². The first kappa shape index (κ1) is 9.09. The molecule has 72 valence electrons. The van der Waals surface area contributed by atoms with Crippen molar-refractivity contribution in [3.05, 3.63) is 34.9 Å². The van der Waals surface area contributed by atoms with E-state index in [1.54, 1.807) is 6.07 Å². The van der Waals surface area contributed by atoms with Gasteiger partial charge in [-0.15, -0.1) is 0 Å². The van der Waals surface area contributed by atoms with Gasteiger partial charge in [0.05, 0.1) is 0 Å². The average Bonchev–Trinajstić information content (AvgIpc) is 2.57. The molecule has 4 heteroatoms. The highest BCUT2D eigenvalue weighted by Crippen LogP contribution is 2.25. The van der Waals surface area contributed by atoms with Crippen LogP contribution in [0, 0.1) is 6.92 Å². The number of aromatic nitrogens is 1. The van der Waals surface area contributed by atoms with E-state index in [0.29, 0.717) is 16.6 Å². The normalized spacial score (nSPS) is 10.4. The number of hydrogen-bond acceptors (Lipinski definition) is 3. The van der Waals surface area contributed by atoms with Crippen LogP contribution in [-0.4, -0.2) is 5.16 Å². The van der Waals surface area contributed by atoms with E-state index < -0.39 is 0 Å². The van der Waals surface area contributed by atoms with Crippen molar-refractivity contribution in [3.63, 3.8) is 0 Å². The maximum Gasteiger partial charge on any atom is 0.222 e. The largest absolute Gasteiger partial charge is 0.368 e. The Morgan fingerprint density at radius 1 is 1.36 bits per heavy atom. The molecule has 1 heterocycles. The molecule has 0 radical (unpaired) electrons. The van der Waals surface area contributed by atoms with Crippen molar-refractivity contribution in [2.75, 3.05) is 5.73 Å². The van der Waals surface area contributed by atoms with E-state index in [-0.39, 0.29) is 0 Å². The number of halogens is 1. The standard InChI is InChI=1S/C10H9ClN2O/c1-6-2-3-7(4-8(6)11)9-5-10(12)14-13-9/h2-5H,12H2,1H3. The lowest BCUT2D eigenvalue weighted by atomic mass is 10.1. The van der Waals surface area contributed by atoms with Crippen LogP contribution in [0.5, 0.6) is 0 Å². The summed E-state index contributed by atoms with van der Waals surface area (Å²) in [5.41, 5.74) is 8.06. The van der Waals surface area contributed by atoms with Gasteiger partial charge in [0.1, 0.15) is 5.69 Å². The van der Waals surface area contributed by atoms with Crippen LogP contribution in [0.25, 0.3) is 11.3 Å². The molecule has 0 spiro atoms. The molecule has 0 unspecified atom stereocenters. The van der Waals surface area contributed by atoms with Crippen LogP contribution >= 0.6 is 11.6 Å². The fraction of sp³-hybridized carbons (Fsp3) is 0.100. The van der Waals surface area contributed by atoms with Crippen molar-refractivity contribution in [1.29, 1.82) is 0 Å². The molecule has 1 aromatic heterocycles. The number of rotatable bonds is 1. The molecule has 1 aromatic carbocycles. The van der Waals surface area contributed by atoms with Gasteiger partial charge in [-0.05, 0) is 18.6 Å². The van der Waals surface area contributed by atoms with Gasteiger partial charge in [-0.3, -0.25) is 0 Å². The molecule has 0 aliphatic heterocycles. The summed E-state index contributed by atoms with van der Waals surface area (Å²) in [6, 6.07) is 7.37. The number of nitrogens with two attached hydrogens (primary N) is 1. The monoisotopic (exact) mass is 208 g/mol. The molecule has 0 bridgehead atoms. The Morgan fingerprint density at radius 2 is 2.14 bits per heavy atom. The van der Waals surface area contributed by atoms with Gasteiger partial charge in [-0.1, -0.05) is 28.9 Å². The molecule has 0 fully saturated rings. The second kappa shape index (κ2) is 3.35. The third-order valence-electron chi connectivity index (χ3n) is 2.00. The summed E-state index contributed by atoms with van der Waals surface area (Å²) in [5.74, 6) is 0.302. The predicted molar refractivity (Wildman–Crippen MR) is 56.1 cm³/mol. The fourth-order valence-electron chi connectivity index (χ4n) is 1.18. The minimum atomic E-state index is 0.302. The quantitative estimate of drug-likeness (QED) is 0.784. The lowest BCUT2D eigenvalue weighted by molar-refractivity contribution is 0.439. The van der Waals surface area contributed by atoms with Gasteiger partial charge >= 0.3 is 0 Å². The molecule has 0 atom stereocenters. The number of aryl methyl sites for hydroxylation is 1. The Morgan fingerprint density at radius 3 is 2.71 bits per heavy atom. The molecule has 0 aliphatic rings. The summed E-state index contributed by atoms with van der Waals surface area (Å²) < 4.78 is 4.77. The molecular formula is C10H9ClN2O. The molecule has 0 amide bonds. The van der Waals surface area contributed by atoms with E-state index in [2.05, 4.69) is 5.16 Å². The van der Waals surface area contributed by atoms with Gasteiger partial charge in [0, 0.05) is 16.7 Å². The van der Waals surface area contributed by atoms with E-state index in [1.807, 2.05) is 25.1 Å². The summed E-state index contributed by atoms with van der Waals surface area (Å²) in [6.07, 6.45) is 0. The molecule has 3 nitrogen and oxygen atoms in total. The minimum Gasteiger partial charge on any atom is -0.368 e. The van der Waals surface area contributed by atoms with Crippen LogP contribution in [-0.2, 0) is 0 Å². The summed E-state index contributed by atoms with van der Waals surface area (Å²) >= 11 is 5.98. The number of anilines is 1. The molecular weight excluding hydrogens is 200 g/mol. The van der Waals surface area contributed by atoms with Crippen molar-refractivity contribution < 1.29 is 4.52 Å². The second-order valence-electron chi connectivity index (χ2n) is 3.08. The molecule has 2 aromatic rings. The van der Waals surface area contributed by atoms with E-state index >= 15 is 0 Å². The lowest BCUT2D eigenvalue weighted by Gasteiger charge is -1.99. The topological polar surface area (TPSA) is 52.0 Å². The van der Waals surface area contributed by atoms with Gasteiger partial charge in [-0.25, -0.2) is 0 Å². The maximum absolute atomic E-state index is 5.98. The van der Waals surface area contributed by atoms with Crippen molar-refractivity contribution in [2.45, 2.75) is 6.92 Å². The van der Waals surface area contributed by atoms with Crippen molar-refractivity contribution in [2.24, 2.45) is 0 Å². The van der Waals surface area contributed by atoms with Crippen molar-refractivity contribution >= 4 is 17.5 Å². The molecule has 2 N–H and O–H groups in total. The smallest absolute Gasteiger partial charge is 0.222 e. The van der Waals surface area contributed by atoms with Gasteiger partial charge in [0.15, 0.2) is 0 Å². The van der Waals surface area contributed by atoms with Gasteiger partial charge in [-0.2, -0.15) is 0 Å². The predicted octanol–water partition coefficient (Wildman–Crippen LogP) is 2.89. The highest BCUT2D eigenvalue weighted by Gasteiger charge is 2.05. The Labute approximate surface area is 86.5 Å². The number of hydrogen-bond donors (Lipinski definition) is 1. The minimum absolute atomic E-state index is 0.302. The first-order chi connectivity index (χ1) is 6.66. The summed E-state index contributed by atoms with van der Waals surface area (Å²) in [7, 11) is 0. The zero-order valence-electron chi connectivity index (χ0n) is 7.62. The van der Waals surface area contributed by atoms with E-state index in [1.165, 1.54) is 0 Å². The number of nitrogens with zero attached hydrogens (tertiary/aromatic N) is 1. The Kier molecular flexibility index (Phi) is 2.17. The molecule has 0 aliphatic carbocycles. The number of nitrogen functional groups attached to an aromatic ring is 1. The molecule has 2 rings (SSSR count). The third-order valence-corrected chi connectivity index (χ3v) is 2.40. The van der Waals surface area contributed by atoms with Crippen LogP contribution in [0.15, 0.2) is 28.8 Å². The van der Waals surface area contributed by atoms with E-state index in [9.17, 15) is 0 Å². The third kappa shape index (κ3) is 1.59. The van der Waals surface area contributed by atoms with Gasteiger partial charge in [0.25, 0.3) is 0 Å². The van der Waals surface area contributed by atoms with Crippen LogP contribution in [0.3, 0.4) is 0 Å². The Balaban J connectivity index is 2.47.